The minimum absolute atomic E-state index is 0.0714. The van der Waals surface area contributed by atoms with Crippen LogP contribution in [0.3, 0.4) is 0 Å². The molecule has 0 bridgehead atoms. The van der Waals surface area contributed by atoms with Gasteiger partial charge in [0.15, 0.2) is 5.15 Å². The fraction of sp³-hybridized carbons (Fsp3) is 0.424. The molecule has 1 aromatic carbocycles. The van der Waals surface area contributed by atoms with Gasteiger partial charge in [0.2, 0.25) is 0 Å². The Morgan fingerprint density at radius 1 is 1.06 bits per heavy atom. The lowest BCUT2D eigenvalue weighted by molar-refractivity contribution is -0.112. The van der Waals surface area contributed by atoms with Crippen molar-refractivity contribution >= 4 is 60.8 Å². The van der Waals surface area contributed by atoms with Gasteiger partial charge in [0.05, 0.1) is 53.4 Å². The number of thiophene rings is 1. The van der Waals surface area contributed by atoms with Crippen molar-refractivity contribution in [2.24, 2.45) is 0 Å². The zero-order valence-corrected chi connectivity index (χ0v) is 27.3. The van der Waals surface area contributed by atoms with E-state index < -0.39 is 5.60 Å². The van der Waals surface area contributed by atoms with Gasteiger partial charge in [-0.25, -0.2) is 4.79 Å². The second kappa shape index (κ2) is 11.0. The summed E-state index contributed by atoms with van der Waals surface area (Å²) in [6, 6.07) is 12.0. The van der Waals surface area contributed by atoms with E-state index in [-0.39, 0.29) is 16.7 Å². The number of hydrogen-bond acceptors (Lipinski definition) is 11. The van der Waals surface area contributed by atoms with E-state index in [9.17, 15) is 4.79 Å². The highest BCUT2D eigenvalue weighted by molar-refractivity contribution is 7.22. The summed E-state index contributed by atoms with van der Waals surface area (Å²) >= 11 is 7.54. The molecule has 8 heterocycles. The Hall–Kier alpha value is -4.04. The number of nitrogen functional groups attached to an aromatic ring is 1. The van der Waals surface area contributed by atoms with Crippen molar-refractivity contribution in [1.29, 1.82) is 0 Å². The third-order valence-corrected chi connectivity index (χ3v) is 11.3. The molecule has 4 fully saturated rings. The third kappa shape index (κ3) is 4.98. The lowest BCUT2D eigenvalue weighted by atomic mass is 9.91. The van der Waals surface area contributed by atoms with Crippen molar-refractivity contribution < 1.29 is 14.3 Å². The van der Waals surface area contributed by atoms with Crippen molar-refractivity contribution in [3.05, 3.63) is 53.9 Å². The number of benzene rings is 1. The van der Waals surface area contributed by atoms with Gasteiger partial charge in [0, 0.05) is 34.6 Å². The van der Waals surface area contributed by atoms with Crippen LogP contribution in [0.25, 0.3) is 32.2 Å². The highest BCUT2D eigenvalue weighted by Crippen LogP contribution is 2.41. The summed E-state index contributed by atoms with van der Waals surface area (Å²) in [6.07, 6.45) is 8.12. The summed E-state index contributed by atoms with van der Waals surface area (Å²) in [5, 5.41) is 7.05. The Morgan fingerprint density at radius 2 is 1.91 bits per heavy atom. The molecule has 12 nitrogen and oxygen atoms in total. The maximum absolute atomic E-state index is 13.1. The zero-order valence-electron chi connectivity index (χ0n) is 25.8. The molecule has 9 rings (SSSR count). The normalized spacial score (nSPS) is 20.3. The summed E-state index contributed by atoms with van der Waals surface area (Å²) < 4.78 is 15.2. The second-order valence-corrected chi connectivity index (χ2v) is 14.7. The van der Waals surface area contributed by atoms with Crippen LogP contribution in [-0.4, -0.2) is 104 Å². The summed E-state index contributed by atoms with van der Waals surface area (Å²) in [5.41, 5.74) is 8.31. The smallest absolute Gasteiger partial charge is 0.344 e. The Kier molecular flexibility index (Phi) is 6.82. The molecule has 4 saturated heterocycles. The number of hydrogen-bond donors (Lipinski definition) is 1. The maximum atomic E-state index is 13.1. The molecule has 0 aliphatic carbocycles. The predicted octanol–water partition coefficient (Wildman–Crippen LogP) is 4.91. The molecule has 0 radical (unpaired) electrons. The second-order valence-electron chi connectivity index (χ2n) is 13.2. The monoisotopic (exact) mass is 671 g/mol. The number of anilines is 2. The van der Waals surface area contributed by atoms with E-state index in [1.807, 2.05) is 24.4 Å². The molecule has 4 aliphatic rings. The van der Waals surface area contributed by atoms with Crippen LogP contribution in [0.4, 0.5) is 15.6 Å². The molecule has 0 unspecified atom stereocenters. The number of rotatable bonds is 5. The minimum atomic E-state index is -0.516. The Balaban J connectivity index is 1.04. The van der Waals surface area contributed by atoms with E-state index in [1.165, 1.54) is 17.5 Å². The van der Waals surface area contributed by atoms with Crippen molar-refractivity contribution in [2.75, 3.05) is 63.1 Å². The van der Waals surface area contributed by atoms with E-state index in [2.05, 4.69) is 27.0 Å². The van der Waals surface area contributed by atoms with Crippen molar-refractivity contribution in [1.82, 2.24) is 34.5 Å². The molecule has 0 atom stereocenters. The van der Waals surface area contributed by atoms with E-state index in [4.69, 9.17) is 41.8 Å². The number of halogens is 1. The number of pyridine rings is 1. The first-order valence-electron chi connectivity index (χ1n) is 16.1. The lowest BCUT2D eigenvalue weighted by Crippen LogP contribution is -2.71. The third-order valence-electron chi connectivity index (χ3n) is 10.2. The van der Waals surface area contributed by atoms with Crippen LogP contribution < -0.4 is 15.4 Å². The zero-order chi connectivity index (χ0) is 31.8. The fourth-order valence-electron chi connectivity index (χ4n) is 7.96. The molecule has 242 valence electrons. The van der Waals surface area contributed by atoms with Gasteiger partial charge >= 0.3 is 12.0 Å². The van der Waals surface area contributed by atoms with Gasteiger partial charge in [0.1, 0.15) is 18.0 Å². The van der Waals surface area contributed by atoms with Gasteiger partial charge in [-0.3, -0.25) is 9.88 Å². The van der Waals surface area contributed by atoms with Gasteiger partial charge in [-0.2, -0.15) is 19.7 Å². The van der Waals surface area contributed by atoms with Gasteiger partial charge in [-0.1, -0.05) is 23.7 Å². The summed E-state index contributed by atoms with van der Waals surface area (Å²) in [4.78, 5) is 34.5. The SMILES string of the molecule is Nc1cc2c(-c3cc4nc(OCC56CCCN5CCC6)nc(N5CC6(CN(C(=O)n7ccc(Cl)n7)CCO6)C5)c4cn3)cccc2s1. The van der Waals surface area contributed by atoms with Gasteiger partial charge < -0.3 is 25.0 Å². The van der Waals surface area contributed by atoms with E-state index in [0.29, 0.717) is 45.4 Å². The van der Waals surface area contributed by atoms with E-state index in [0.717, 1.165) is 69.0 Å². The molecule has 1 spiro atoms. The highest BCUT2D eigenvalue weighted by Gasteiger charge is 2.50. The largest absolute Gasteiger partial charge is 0.461 e. The highest BCUT2D eigenvalue weighted by atomic mass is 35.5. The topological polar surface area (TPSA) is 128 Å². The number of ether oxygens (including phenoxy) is 2. The fourth-order valence-corrected chi connectivity index (χ4v) is 8.95. The number of aromatic nitrogens is 5. The Morgan fingerprint density at radius 3 is 2.72 bits per heavy atom. The number of nitrogens with two attached hydrogens (primary N) is 1. The van der Waals surface area contributed by atoms with Crippen LogP contribution in [0.1, 0.15) is 25.7 Å². The van der Waals surface area contributed by atoms with Gasteiger partial charge in [-0.15, -0.1) is 11.3 Å². The number of fused-ring (bicyclic) bond motifs is 3. The first-order chi connectivity index (χ1) is 22.9. The van der Waals surface area contributed by atoms with Crippen LogP contribution in [-0.2, 0) is 4.74 Å². The van der Waals surface area contributed by atoms with Crippen LogP contribution >= 0.6 is 22.9 Å². The van der Waals surface area contributed by atoms with Crippen LogP contribution in [0, 0.1) is 0 Å². The predicted molar refractivity (Wildman–Crippen MR) is 181 cm³/mol. The Labute approximate surface area is 280 Å². The van der Waals surface area contributed by atoms with E-state index >= 15 is 0 Å². The molecule has 1 amide bonds. The molecular formula is C33H34ClN9O3S. The Bertz CT molecular complexity index is 2020. The molecule has 5 aromatic rings. The van der Waals surface area contributed by atoms with Crippen molar-refractivity contribution in [2.45, 2.75) is 36.8 Å². The molecule has 2 N–H and O–H groups in total. The number of amides is 1. The average molecular weight is 672 g/mol. The van der Waals surface area contributed by atoms with Crippen LogP contribution in [0.5, 0.6) is 6.01 Å². The summed E-state index contributed by atoms with van der Waals surface area (Å²) in [6.45, 7) is 5.33. The number of carbonyl (C=O) groups excluding carboxylic acids is 1. The number of nitrogens with zero attached hydrogens (tertiary/aromatic N) is 8. The van der Waals surface area contributed by atoms with Gasteiger partial charge in [0.25, 0.3) is 0 Å². The van der Waals surface area contributed by atoms with Crippen molar-refractivity contribution in [3.63, 3.8) is 0 Å². The number of morpholine rings is 1. The van der Waals surface area contributed by atoms with Crippen LogP contribution in [0.15, 0.2) is 48.8 Å². The van der Waals surface area contributed by atoms with Crippen molar-refractivity contribution in [3.8, 4) is 17.3 Å². The molecule has 47 heavy (non-hydrogen) atoms. The lowest BCUT2D eigenvalue weighted by Gasteiger charge is -2.54. The molecule has 4 aliphatic heterocycles. The van der Waals surface area contributed by atoms with Crippen LogP contribution in [0.2, 0.25) is 5.15 Å². The molecule has 14 heteroatoms. The first kappa shape index (κ1) is 29.1. The molecule has 0 saturated carbocycles. The quantitative estimate of drug-likeness (QED) is 0.275. The first-order valence-corrected chi connectivity index (χ1v) is 17.3. The standard InChI is InChI=1S/C33H34ClN9O3S/c34-27-6-11-43(39-27)31(44)40-12-13-46-33(17-40)18-41(19-33)29-23-16-36-24(21-4-1-5-26-22(21)14-28(35)47-26)15-25(23)37-30(38-29)45-20-32-7-2-9-42(32)10-3-8-32/h1,4-6,11,14-16H,2-3,7-10,12-13,17-20,35H2. The molecule has 4 aromatic heterocycles. The molecular weight excluding hydrogens is 638 g/mol. The van der Waals surface area contributed by atoms with E-state index in [1.54, 1.807) is 28.5 Å². The average Bonchev–Trinajstić information content (AvgIpc) is 3.85. The maximum Gasteiger partial charge on any atom is 0.344 e. The number of carbonyl (C=O) groups is 1. The van der Waals surface area contributed by atoms with Gasteiger partial charge in [-0.05, 0) is 63.0 Å². The summed E-state index contributed by atoms with van der Waals surface area (Å²) in [7, 11) is 0. The summed E-state index contributed by atoms with van der Waals surface area (Å²) in [5.74, 6) is 0.755. The minimum Gasteiger partial charge on any atom is -0.461 e.